The van der Waals surface area contributed by atoms with Gasteiger partial charge in [-0.05, 0) is 12.1 Å². The molecule has 0 aliphatic rings. The summed E-state index contributed by atoms with van der Waals surface area (Å²) in [4.78, 5) is 14.8. The number of aromatic nitrogens is 4. The van der Waals surface area contributed by atoms with Crippen LogP contribution in [0.15, 0.2) is 41.2 Å². The van der Waals surface area contributed by atoms with Gasteiger partial charge >= 0.3 is 12.1 Å². The Bertz CT molecular complexity index is 885. The van der Waals surface area contributed by atoms with Crippen LogP contribution in [-0.2, 0) is 12.7 Å². The molecule has 0 fully saturated rings. The van der Waals surface area contributed by atoms with Crippen molar-refractivity contribution >= 4 is 5.97 Å². The number of benzene rings is 1. The maximum Gasteiger partial charge on any atom is 0.416 e. The fourth-order valence-electron chi connectivity index (χ4n) is 1.97. The lowest BCUT2D eigenvalue weighted by atomic mass is 10.1. The first kappa shape index (κ1) is 15.7. The Morgan fingerprint density at radius 1 is 1.33 bits per heavy atom. The van der Waals surface area contributed by atoms with E-state index in [0.717, 1.165) is 18.3 Å². The summed E-state index contributed by atoms with van der Waals surface area (Å²) >= 11 is 0. The molecule has 24 heavy (non-hydrogen) atoms. The van der Waals surface area contributed by atoms with E-state index >= 15 is 0 Å². The van der Waals surface area contributed by atoms with Crippen molar-refractivity contribution in [2.45, 2.75) is 12.7 Å². The molecule has 0 aliphatic heterocycles. The molecule has 0 aliphatic carbocycles. The van der Waals surface area contributed by atoms with Gasteiger partial charge in [-0.3, -0.25) is 4.68 Å². The zero-order chi connectivity index (χ0) is 17.3. The average Bonchev–Trinajstić information content (AvgIpc) is 3.16. The summed E-state index contributed by atoms with van der Waals surface area (Å²) < 4.78 is 44.4. The van der Waals surface area contributed by atoms with E-state index in [1.54, 1.807) is 0 Å². The zero-order valence-electron chi connectivity index (χ0n) is 11.9. The topological polar surface area (TPSA) is 94.0 Å². The molecule has 124 valence electrons. The molecule has 7 nitrogen and oxygen atoms in total. The van der Waals surface area contributed by atoms with E-state index in [4.69, 9.17) is 9.63 Å². The number of hydrogen-bond acceptors (Lipinski definition) is 5. The summed E-state index contributed by atoms with van der Waals surface area (Å²) in [6, 6.07) is 4.55. The normalized spacial score (nSPS) is 11.6. The minimum Gasteiger partial charge on any atom is -0.478 e. The second kappa shape index (κ2) is 5.80. The van der Waals surface area contributed by atoms with Crippen molar-refractivity contribution in [1.82, 2.24) is 19.9 Å². The molecule has 10 heteroatoms. The number of nitrogens with zero attached hydrogens (tertiary/aromatic N) is 4. The summed E-state index contributed by atoms with van der Waals surface area (Å²) in [6.07, 6.45) is -2.03. The molecular formula is C14H9F3N4O3. The van der Waals surface area contributed by atoms with Gasteiger partial charge in [0.15, 0.2) is 0 Å². The van der Waals surface area contributed by atoms with Crippen LogP contribution in [0.25, 0.3) is 11.4 Å². The molecule has 0 saturated carbocycles. The number of alkyl halides is 3. The maximum absolute atomic E-state index is 12.7. The largest absolute Gasteiger partial charge is 0.478 e. The zero-order valence-corrected chi connectivity index (χ0v) is 11.9. The molecule has 0 bridgehead atoms. The lowest BCUT2D eigenvalue weighted by Gasteiger charge is -2.06. The van der Waals surface area contributed by atoms with Crippen molar-refractivity contribution in [3.63, 3.8) is 0 Å². The van der Waals surface area contributed by atoms with Crippen molar-refractivity contribution in [3.8, 4) is 11.4 Å². The molecule has 1 N–H and O–H groups in total. The molecule has 1 aromatic carbocycles. The van der Waals surface area contributed by atoms with Crippen molar-refractivity contribution in [2.24, 2.45) is 0 Å². The van der Waals surface area contributed by atoms with E-state index in [0.29, 0.717) is 0 Å². The highest BCUT2D eigenvalue weighted by Crippen LogP contribution is 2.31. The van der Waals surface area contributed by atoms with Crippen molar-refractivity contribution < 1.29 is 27.6 Å². The number of hydrogen-bond donors (Lipinski definition) is 1. The summed E-state index contributed by atoms with van der Waals surface area (Å²) in [7, 11) is 0. The third-order valence-electron chi connectivity index (χ3n) is 3.09. The second-order valence-corrected chi connectivity index (χ2v) is 4.82. The van der Waals surface area contributed by atoms with Crippen LogP contribution in [0.1, 0.15) is 21.8 Å². The van der Waals surface area contributed by atoms with Gasteiger partial charge in [-0.25, -0.2) is 4.79 Å². The van der Waals surface area contributed by atoms with E-state index in [1.807, 2.05) is 0 Å². The van der Waals surface area contributed by atoms with Gasteiger partial charge in [0.2, 0.25) is 11.7 Å². The molecule has 0 radical (unpaired) electrons. The molecule has 3 aromatic rings. The van der Waals surface area contributed by atoms with E-state index in [9.17, 15) is 18.0 Å². The predicted molar refractivity (Wildman–Crippen MR) is 73.0 cm³/mol. The molecule has 0 unspecified atom stereocenters. The van der Waals surface area contributed by atoms with Crippen LogP contribution in [0.3, 0.4) is 0 Å². The van der Waals surface area contributed by atoms with Crippen LogP contribution in [0.2, 0.25) is 0 Å². The van der Waals surface area contributed by atoms with E-state index < -0.39 is 17.7 Å². The van der Waals surface area contributed by atoms with E-state index in [2.05, 4.69) is 15.2 Å². The van der Waals surface area contributed by atoms with Crippen LogP contribution in [0.4, 0.5) is 13.2 Å². The first-order valence-corrected chi connectivity index (χ1v) is 6.59. The molecule has 0 amide bonds. The monoisotopic (exact) mass is 338 g/mol. The van der Waals surface area contributed by atoms with E-state index in [-0.39, 0.29) is 29.4 Å². The fraction of sp³-hybridized carbons (Fsp3) is 0.143. The fourth-order valence-corrected chi connectivity index (χ4v) is 1.97. The lowest BCUT2D eigenvalue weighted by Crippen LogP contribution is -2.04. The quantitative estimate of drug-likeness (QED) is 0.786. The van der Waals surface area contributed by atoms with Gasteiger partial charge in [0.05, 0.1) is 17.3 Å². The molecule has 0 spiro atoms. The first-order valence-electron chi connectivity index (χ1n) is 6.59. The Labute approximate surface area is 132 Å². The van der Waals surface area contributed by atoms with Gasteiger partial charge < -0.3 is 9.63 Å². The van der Waals surface area contributed by atoms with Gasteiger partial charge in [-0.15, -0.1) is 0 Å². The Morgan fingerprint density at radius 3 is 2.79 bits per heavy atom. The van der Waals surface area contributed by atoms with Crippen LogP contribution < -0.4 is 0 Å². The third-order valence-corrected chi connectivity index (χ3v) is 3.09. The van der Waals surface area contributed by atoms with Gasteiger partial charge in [-0.2, -0.15) is 23.3 Å². The molecule has 0 atom stereocenters. The number of aromatic carboxylic acids is 1. The van der Waals surface area contributed by atoms with Gasteiger partial charge in [0.25, 0.3) is 0 Å². The van der Waals surface area contributed by atoms with Crippen LogP contribution in [0.5, 0.6) is 0 Å². The SMILES string of the molecule is O=C(O)c1cnn(Cc2nc(-c3cccc(C(F)(F)F)c3)no2)c1. The van der Waals surface area contributed by atoms with Gasteiger partial charge in [0.1, 0.15) is 6.54 Å². The third kappa shape index (κ3) is 3.26. The average molecular weight is 338 g/mol. The second-order valence-electron chi connectivity index (χ2n) is 4.82. The standard InChI is InChI=1S/C14H9F3N4O3/c15-14(16,17)10-3-1-2-8(4-10)12-19-11(24-20-12)7-21-6-9(5-18-21)13(22)23/h1-6H,7H2,(H,22,23). The maximum atomic E-state index is 12.7. The van der Waals surface area contributed by atoms with Crippen molar-refractivity contribution in [3.05, 3.63) is 53.7 Å². The Morgan fingerprint density at radius 2 is 2.12 bits per heavy atom. The van der Waals surface area contributed by atoms with Crippen molar-refractivity contribution in [1.29, 1.82) is 0 Å². The smallest absolute Gasteiger partial charge is 0.416 e. The minimum absolute atomic E-state index is 0.000752. The number of carboxylic acids is 1. The van der Waals surface area contributed by atoms with Crippen LogP contribution >= 0.6 is 0 Å². The number of carboxylic acid groups (broad SMARTS) is 1. The van der Waals surface area contributed by atoms with Gasteiger partial charge in [-0.1, -0.05) is 17.3 Å². The molecule has 3 rings (SSSR count). The van der Waals surface area contributed by atoms with E-state index in [1.165, 1.54) is 23.0 Å². The molecule has 2 aromatic heterocycles. The highest BCUT2D eigenvalue weighted by Gasteiger charge is 2.30. The highest BCUT2D eigenvalue weighted by atomic mass is 19.4. The summed E-state index contributed by atoms with van der Waals surface area (Å²) in [5.74, 6) is -1.04. The van der Waals surface area contributed by atoms with Crippen LogP contribution in [0, 0.1) is 0 Å². The minimum atomic E-state index is -4.47. The predicted octanol–water partition coefficient (Wildman–Crippen LogP) is 2.70. The Hall–Kier alpha value is -3.17. The Kier molecular flexibility index (Phi) is 3.80. The number of carbonyl (C=O) groups is 1. The van der Waals surface area contributed by atoms with Crippen LogP contribution in [-0.4, -0.2) is 31.0 Å². The first-order chi connectivity index (χ1) is 11.3. The Balaban J connectivity index is 1.81. The summed E-state index contributed by atoms with van der Waals surface area (Å²) in [5.41, 5.74) is -0.663. The number of rotatable bonds is 4. The number of halogens is 3. The lowest BCUT2D eigenvalue weighted by molar-refractivity contribution is -0.137. The highest BCUT2D eigenvalue weighted by molar-refractivity contribution is 5.86. The molecule has 0 saturated heterocycles. The van der Waals surface area contributed by atoms with Gasteiger partial charge in [0, 0.05) is 11.8 Å². The summed E-state index contributed by atoms with van der Waals surface area (Å²) in [6.45, 7) is -0.000752. The molecule has 2 heterocycles. The molecular weight excluding hydrogens is 329 g/mol. The summed E-state index contributed by atoms with van der Waals surface area (Å²) in [5, 5.41) is 16.3. The van der Waals surface area contributed by atoms with Crippen molar-refractivity contribution in [2.75, 3.05) is 0 Å².